The number of carbonyl (C=O) groups excluding carboxylic acids is 2. The van der Waals surface area contributed by atoms with E-state index in [2.05, 4.69) is 10.6 Å². The van der Waals surface area contributed by atoms with Gasteiger partial charge in [-0.1, -0.05) is 12.1 Å². The van der Waals surface area contributed by atoms with Gasteiger partial charge in [-0.05, 0) is 36.4 Å². The average molecular weight is 482 g/mol. The molecule has 1 fully saturated rings. The summed E-state index contributed by atoms with van der Waals surface area (Å²) in [7, 11) is 0. The number of amides is 2. The number of nitrogens with zero attached hydrogens (tertiary/aromatic N) is 2. The van der Waals surface area contributed by atoms with E-state index in [0.29, 0.717) is 26.2 Å². The quantitative estimate of drug-likeness (QED) is 0.504. The number of anilines is 2. The van der Waals surface area contributed by atoms with E-state index in [-0.39, 0.29) is 36.8 Å². The number of hydrogen-bond acceptors (Lipinski definition) is 5. The van der Waals surface area contributed by atoms with Crippen molar-refractivity contribution in [3.8, 4) is 0 Å². The minimum absolute atomic E-state index is 0.0582. The Balaban J connectivity index is 1.36. The predicted octanol–water partition coefficient (Wildman–Crippen LogP) is 2.79. The van der Waals surface area contributed by atoms with Gasteiger partial charge in [0.05, 0.1) is 30.3 Å². The number of hydrogen-bond donors (Lipinski definition) is 3. The Morgan fingerprint density at radius 2 is 1.53 bits per heavy atom. The van der Waals surface area contributed by atoms with E-state index in [9.17, 15) is 32.3 Å². The summed E-state index contributed by atoms with van der Waals surface area (Å²) < 4.78 is 51.5. The number of aliphatic hydroxyl groups is 1. The Kier molecular flexibility index (Phi) is 8.59. The third-order valence-corrected chi connectivity index (χ3v) is 5.37. The molecule has 2 amide bonds. The molecule has 3 N–H and O–H groups in total. The van der Waals surface area contributed by atoms with Crippen molar-refractivity contribution in [2.24, 2.45) is 0 Å². The van der Waals surface area contributed by atoms with Gasteiger partial charge in [0, 0.05) is 38.4 Å². The van der Waals surface area contributed by atoms with E-state index in [0.717, 1.165) is 12.1 Å². The van der Waals surface area contributed by atoms with Gasteiger partial charge >= 0.3 is 6.18 Å². The third-order valence-electron chi connectivity index (χ3n) is 5.37. The number of rotatable bonds is 8. The highest BCUT2D eigenvalue weighted by molar-refractivity contribution is 5.92. The summed E-state index contributed by atoms with van der Waals surface area (Å²) in [6.07, 6.45) is -5.54. The molecule has 1 unspecified atom stereocenters. The Morgan fingerprint density at radius 3 is 2.15 bits per heavy atom. The number of β-amino-alcohol motifs (C(OH)–C–C–N with tert-alkyl or cyclic N) is 1. The van der Waals surface area contributed by atoms with Crippen LogP contribution in [0.15, 0.2) is 48.5 Å². The van der Waals surface area contributed by atoms with Crippen LogP contribution in [0.2, 0.25) is 0 Å². The fourth-order valence-corrected chi connectivity index (χ4v) is 3.62. The molecular weight excluding hydrogens is 456 g/mol. The van der Waals surface area contributed by atoms with Gasteiger partial charge in [-0.2, -0.15) is 13.2 Å². The van der Waals surface area contributed by atoms with Crippen LogP contribution in [0.1, 0.15) is 12.0 Å². The second kappa shape index (κ2) is 11.4. The number of piperazine rings is 1. The molecule has 0 spiro atoms. The first-order chi connectivity index (χ1) is 16.1. The summed E-state index contributed by atoms with van der Waals surface area (Å²) in [5, 5.41) is 15.2. The van der Waals surface area contributed by atoms with Crippen LogP contribution in [0.5, 0.6) is 0 Å². The normalized spacial score (nSPS) is 16.1. The summed E-state index contributed by atoms with van der Waals surface area (Å²) in [4.78, 5) is 28.1. The lowest BCUT2D eigenvalue weighted by Crippen LogP contribution is -2.50. The molecule has 1 saturated heterocycles. The lowest BCUT2D eigenvalue weighted by molar-refractivity contribution is -0.137. The number of benzene rings is 2. The average Bonchev–Trinajstić information content (AvgIpc) is 2.76. The minimum Gasteiger partial charge on any atom is -0.391 e. The summed E-state index contributed by atoms with van der Waals surface area (Å²) in [5.41, 5.74) is -0.440. The maximum atomic E-state index is 13.6. The molecule has 2 aromatic carbocycles. The van der Waals surface area contributed by atoms with Crippen LogP contribution < -0.4 is 10.6 Å². The van der Waals surface area contributed by atoms with Gasteiger partial charge in [0.1, 0.15) is 5.82 Å². The van der Waals surface area contributed by atoms with Crippen molar-refractivity contribution >= 4 is 23.2 Å². The number of carbonyl (C=O) groups is 2. The summed E-state index contributed by atoms with van der Waals surface area (Å²) in [6, 6.07) is 10.0. The van der Waals surface area contributed by atoms with Crippen LogP contribution in [-0.2, 0) is 15.8 Å². The van der Waals surface area contributed by atoms with Crippen LogP contribution in [-0.4, -0.2) is 72.1 Å². The number of halogens is 4. The van der Waals surface area contributed by atoms with Gasteiger partial charge < -0.3 is 15.7 Å². The number of alkyl halides is 3. The molecule has 184 valence electrons. The largest absolute Gasteiger partial charge is 0.416 e. The van der Waals surface area contributed by atoms with Gasteiger partial charge in [-0.25, -0.2) is 4.39 Å². The van der Waals surface area contributed by atoms with Gasteiger partial charge in [0.2, 0.25) is 11.8 Å². The summed E-state index contributed by atoms with van der Waals surface area (Å²) >= 11 is 0. The number of nitrogens with one attached hydrogen (secondary N) is 2. The van der Waals surface area contributed by atoms with E-state index >= 15 is 0 Å². The molecule has 2 aromatic rings. The zero-order chi connectivity index (χ0) is 24.7. The van der Waals surface area contributed by atoms with Crippen molar-refractivity contribution in [1.29, 1.82) is 0 Å². The Hall–Kier alpha value is -3.02. The van der Waals surface area contributed by atoms with Crippen LogP contribution in [0.4, 0.5) is 28.9 Å². The Labute approximate surface area is 194 Å². The monoisotopic (exact) mass is 482 g/mol. The molecule has 11 heteroatoms. The maximum absolute atomic E-state index is 13.6. The van der Waals surface area contributed by atoms with E-state index in [1.165, 1.54) is 30.3 Å². The lowest BCUT2D eigenvalue weighted by atomic mass is 10.2. The molecule has 1 aliphatic rings. The lowest BCUT2D eigenvalue weighted by Gasteiger charge is -2.35. The first kappa shape index (κ1) is 25.6. The number of para-hydroxylation sites is 1. The van der Waals surface area contributed by atoms with Crippen molar-refractivity contribution in [3.05, 3.63) is 59.9 Å². The van der Waals surface area contributed by atoms with E-state index in [1.54, 1.807) is 6.07 Å². The summed E-state index contributed by atoms with van der Waals surface area (Å²) in [5.74, 6) is -1.38. The topological polar surface area (TPSA) is 84.9 Å². The molecular formula is C23H26F4N4O3. The van der Waals surface area contributed by atoms with E-state index in [4.69, 9.17) is 0 Å². The molecule has 1 atom stereocenters. The van der Waals surface area contributed by atoms with Crippen molar-refractivity contribution in [2.45, 2.75) is 18.7 Å². The van der Waals surface area contributed by atoms with Gasteiger partial charge in [-0.15, -0.1) is 0 Å². The fraction of sp³-hybridized carbons (Fsp3) is 0.391. The predicted molar refractivity (Wildman–Crippen MR) is 119 cm³/mol. The van der Waals surface area contributed by atoms with Gasteiger partial charge in [0.15, 0.2) is 0 Å². The molecule has 0 radical (unpaired) electrons. The van der Waals surface area contributed by atoms with E-state index < -0.39 is 29.6 Å². The zero-order valence-corrected chi connectivity index (χ0v) is 18.3. The van der Waals surface area contributed by atoms with Crippen LogP contribution in [0.3, 0.4) is 0 Å². The second-order valence-corrected chi connectivity index (χ2v) is 8.09. The highest BCUT2D eigenvalue weighted by Gasteiger charge is 2.30. The van der Waals surface area contributed by atoms with Crippen molar-refractivity contribution < 1.29 is 32.3 Å². The molecule has 3 rings (SSSR count). The van der Waals surface area contributed by atoms with Gasteiger partial charge in [-0.3, -0.25) is 19.4 Å². The molecule has 1 aliphatic heterocycles. The SMILES string of the molecule is O=C(CN1CCN(CC(O)CC(=O)Nc2ccccc2F)CC1)Nc1ccc(C(F)(F)F)cc1. The second-order valence-electron chi connectivity index (χ2n) is 8.09. The zero-order valence-electron chi connectivity index (χ0n) is 18.3. The molecule has 0 aliphatic carbocycles. The van der Waals surface area contributed by atoms with Crippen LogP contribution in [0, 0.1) is 5.82 Å². The maximum Gasteiger partial charge on any atom is 0.416 e. The van der Waals surface area contributed by atoms with Crippen molar-refractivity contribution in [1.82, 2.24) is 9.80 Å². The molecule has 7 nitrogen and oxygen atoms in total. The van der Waals surface area contributed by atoms with Gasteiger partial charge in [0.25, 0.3) is 0 Å². The van der Waals surface area contributed by atoms with Crippen molar-refractivity contribution in [3.63, 3.8) is 0 Å². The molecule has 0 aromatic heterocycles. The van der Waals surface area contributed by atoms with E-state index in [1.807, 2.05) is 9.80 Å². The standard InChI is InChI=1S/C23H26F4N4O3/c24-19-3-1-2-4-20(19)29-21(33)13-18(32)14-30-9-11-31(12-10-30)15-22(34)28-17-7-5-16(6-8-17)23(25,26)27/h1-8,18,32H,9-15H2,(H,28,34)(H,29,33). The van der Waals surface area contributed by atoms with Crippen molar-refractivity contribution in [2.75, 3.05) is 49.9 Å². The molecule has 1 heterocycles. The highest BCUT2D eigenvalue weighted by Crippen LogP contribution is 2.29. The molecule has 0 saturated carbocycles. The minimum atomic E-state index is -4.43. The molecule has 0 bridgehead atoms. The smallest absolute Gasteiger partial charge is 0.391 e. The molecule has 34 heavy (non-hydrogen) atoms. The fourth-order valence-electron chi connectivity index (χ4n) is 3.62. The van der Waals surface area contributed by atoms with Crippen LogP contribution in [0.25, 0.3) is 0 Å². The number of aliphatic hydroxyl groups excluding tert-OH is 1. The highest BCUT2D eigenvalue weighted by atomic mass is 19.4. The third kappa shape index (κ3) is 7.79. The summed E-state index contributed by atoms with van der Waals surface area (Å²) in [6.45, 7) is 2.58. The first-order valence-electron chi connectivity index (χ1n) is 10.7. The van der Waals surface area contributed by atoms with Crippen LogP contribution >= 0.6 is 0 Å². The Bertz CT molecular complexity index is 977. The first-order valence-corrected chi connectivity index (χ1v) is 10.7. The Morgan fingerprint density at radius 1 is 0.912 bits per heavy atom.